The van der Waals surface area contributed by atoms with Crippen LogP contribution in [0, 0.1) is 0 Å². The number of anilines is 1. The number of methoxy groups -OCH3 is 1. The van der Waals surface area contributed by atoms with Crippen molar-refractivity contribution < 1.29 is 4.74 Å². The van der Waals surface area contributed by atoms with Gasteiger partial charge in [0.15, 0.2) is 0 Å². The van der Waals surface area contributed by atoms with E-state index in [4.69, 9.17) is 4.74 Å². The molecule has 1 N–H and O–H groups in total. The van der Waals surface area contributed by atoms with Gasteiger partial charge in [0.25, 0.3) is 0 Å². The van der Waals surface area contributed by atoms with Gasteiger partial charge in [-0.05, 0) is 38.6 Å². The first-order valence-electron chi connectivity index (χ1n) is 7.91. The molecule has 0 saturated carbocycles. The molecule has 1 saturated heterocycles. The molecule has 1 aromatic rings. The van der Waals surface area contributed by atoms with E-state index in [0.29, 0.717) is 6.04 Å². The van der Waals surface area contributed by atoms with Crippen molar-refractivity contribution in [3.05, 3.63) is 29.8 Å². The van der Waals surface area contributed by atoms with Crippen molar-refractivity contribution in [1.29, 1.82) is 0 Å². The summed E-state index contributed by atoms with van der Waals surface area (Å²) in [6, 6.07) is 9.42. The Morgan fingerprint density at radius 2 is 2.14 bits per heavy atom. The van der Waals surface area contributed by atoms with Crippen LogP contribution in [0.5, 0.6) is 0 Å². The number of nitrogens with one attached hydrogen (secondary N) is 1. The second-order valence-electron chi connectivity index (χ2n) is 6.00. The lowest BCUT2D eigenvalue weighted by Crippen LogP contribution is -2.45. The first-order chi connectivity index (χ1) is 10.2. The van der Waals surface area contributed by atoms with Gasteiger partial charge in [-0.15, -0.1) is 0 Å². The van der Waals surface area contributed by atoms with E-state index in [9.17, 15) is 0 Å². The summed E-state index contributed by atoms with van der Waals surface area (Å²) in [5, 5.41) is 3.45. The fraction of sp³-hybridized carbons (Fsp3) is 0.647. The van der Waals surface area contributed by atoms with Gasteiger partial charge in [-0.2, -0.15) is 0 Å². The van der Waals surface area contributed by atoms with Gasteiger partial charge in [-0.3, -0.25) is 0 Å². The Balaban J connectivity index is 2.01. The van der Waals surface area contributed by atoms with Crippen LogP contribution in [0.1, 0.15) is 18.4 Å². The van der Waals surface area contributed by atoms with Gasteiger partial charge in [0.2, 0.25) is 0 Å². The van der Waals surface area contributed by atoms with Crippen LogP contribution >= 0.6 is 0 Å². The first kappa shape index (κ1) is 16.3. The number of hydrogen-bond acceptors (Lipinski definition) is 4. The summed E-state index contributed by atoms with van der Waals surface area (Å²) >= 11 is 0. The molecule has 0 spiro atoms. The first-order valence-corrected chi connectivity index (χ1v) is 7.91. The van der Waals surface area contributed by atoms with E-state index >= 15 is 0 Å². The number of rotatable bonds is 7. The van der Waals surface area contributed by atoms with Gasteiger partial charge >= 0.3 is 0 Å². The Hall–Kier alpha value is -1.10. The zero-order chi connectivity index (χ0) is 15.1. The van der Waals surface area contributed by atoms with Crippen LogP contribution in [0.3, 0.4) is 0 Å². The minimum Gasteiger partial charge on any atom is -0.383 e. The average molecular weight is 291 g/mol. The van der Waals surface area contributed by atoms with E-state index in [2.05, 4.69) is 53.5 Å². The highest BCUT2D eigenvalue weighted by Gasteiger charge is 2.22. The zero-order valence-corrected chi connectivity index (χ0v) is 13.6. The van der Waals surface area contributed by atoms with Gasteiger partial charge in [-0.1, -0.05) is 18.2 Å². The fourth-order valence-electron chi connectivity index (χ4n) is 2.96. The number of piperidine rings is 1. The van der Waals surface area contributed by atoms with Crippen molar-refractivity contribution in [2.75, 3.05) is 52.3 Å². The Morgan fingerprint density at radius 1 is 1.33 bits per heavy atom. The second-order valence-corrected chi connectivity index (χ2v) is 6.00. The number of benzene rings is 1. The van der Waals surface area contributed by atoms with Crippen LogP contribution in [0.15, 0.2) is 24.3 Å². The lowest BCUT2D eigenvalue weighted by molar-refractivity contribution is 0.199. The molecule has 4 heteroatoms. The predicted molar refractivity (Wildman–Crippen MR) is 88.9 cm³/mol. The number of ether oxygens (including phenoxy) is 1. The molecule has 1 aromatic carbocycles. The van der Waals surface area contributed by atoms with Crippen LogP contribution in [0.4, 0.5) is 5.69 Å². The molecule has 21 heavy (non-hydrogen) atoms. The molecule has 1 aliphatic rings. The van der Waals surface area contributed by atoms with E-state index in [1.54, 1.807) is 7.11 Å². The Bertz CT molecular complexity index is 422. The molecule has 0 radical (unpaired) electrons. The number of likely N-dealkylation sites (N-methyl/N-ethyl adjacent to an activating group) is 1. The van der Waals surface area contributed by atoms with Crippen LogP contribution in [0.25, 0.3) is 0 Å². The molecule has 4 nitrogen and oxygen atoms in total. The third kappa shape index (κ3) is 4.70. The molecule has 118 valence electrons. The van der Waals surface area contributed by atoms with Gasteiger partial charge in [0.05, 0.1) is 6.61 Å². The van der Waals surface area contributed by atoms with Crippen molar-refractivity contribution >= 4 is 5.69 Å². The molecule has 1 atom stereocenters. The summed E-state index contributed by atoms with van der Waals surface area (Å²) in [4.78, 5) is 4.90. The Kier molecular flexibility index (Phi) is 6.49. The molecule has 0 amide bonds. The van der Waals surface area contributed by atoms with Crippen molar-refractivity contribution in [2.24, 2.45) is 0 Å². The SMILES string of the molecule is COCCNCc1ccccc1N1CCCC(N(C)C)C1. The topological polar surface area (TPSA) is 27.7 Å². The van der Waals surface area contributed by atoms with E-state index in [1.165, 1.54) is 30.6 Å². The third-order valence-electron chi connectivity index (χ3n) is 4.26. The molecule has 2 rings (SSSR count). The molecule has 0 bridgehead atoms. The fourth-order valence-corrected chi connectivity index (χ4v) is 2.96. The molecule has 1 unspecified atom stereocenters. The molecule has 1 heterocycles. The largest absolute Gasteiger partial charge is 0.383 e. The molecular weight excluding hydrogens is 262 g/mol. The maximum atomic E-state index is 5.09. The van der Waals surface area contributed by atoms with E-state index in [-0.39, 0.29) is 0 Å². The van der Waals surface area contributed by atoms with Gasteiger partial charge in [0, 0.05) is 45.0 Å². The zero-order valence-electron chi connectivity index (χ0n) is 13.6. The molecule has 0 aromatic heterocycles. The van der Waals surface area contributed by atoms with Crippen LogP contribution in [-0.4, -0.2) is 58.4 Å². The number of nitrogens with zero attached hydrogens (tertiary/aromatic N) is 2. The highest BCUT2D eigenvalue weighted by molar-refractivity contribution is 5.54. The van der Waals surface area contributed by atoms with Gasteiger partial charge in [-0.25, -0.2) is 0 Å². The van der Waals surface area contributed by atoms with Gasteiger partial charge < -0.3 is 19.9 Å². The summed E-state index contributed by atoms with van der Waals surface area (Å²) in [6.45, 7) is 4.85. The van der Waals surface area contributed by atoms with Crippen LogP contribution in [-0.2, 0) is 11.3 Å². The van der Waals surface area contributed by atoms with Crippen molar-refractivity contribution in [1.82, 2.24) is 10.2 Å². The number of hydrogen-bond donors (Lipinski definition) is 1. The summed E-state index contributed by atoms with van der Waals surface area (Å²) in [6.07, 6.45) is 2.58. The highest BCUT2D eigenvalue weighted by atomic mass is 16.5. The standard InChI is InChI=1S/C17H29N3O/c1-19(2)16-8-6-11-20(14-16)17-9-5-4-7-15(17)13-18-10-12-21-3/h4-5,7,9,16,18H,6,8,10-14H2,1-3H3. The maximum absolute atomic E-state index is 5.09. The van der Waals surface area contributed by atoms with Crippen molar-refractivity contribution in [3.63, 3.8) is 0 Å². The monoisotopic (exact) mass is 291 g/mol. The Labute approximate surface area is 129 Å². The second kappa shape index (κ2) is 8.37. The lowest BCUT2D eigenvalue weighted by Gasteiger charge is -2.38. The smallest absolute Gasteiger partial charge is 0.0587 e. The molecular formula is C17H29N3O. The predicted octanol–water partition coefficient (Wildman–Crippen LogP) is 1.95. The minimum absolute atomic E-state index is 0.660. The van der Waals surface area contributed by atoms with Crippen LogP contribution in [0.2, 0.25) is 0 Å². The summed E-state index contributed by atoms with van der Waals surface area (Å²) in [7, 11) is 6.11. The molecule has 1 aliphatic heterocycles. The highest BCUT2D eigenvalue weighted by Crippen LogP contribution is 2.25. The normalized spacial score (nSPS) is 19.2. The summed E-state index contributed by atoms with van der Waals surface area (Å²) < 4.78 is 5.09. The third-order valence-corrected chi connectivity index (χ3v) is 4.26. The summed E-state index contributed by atoms with van der Waals surface area (Å²) in [5.74, 6) is 0. The summed E-state index contributed by atoms with van der Waals surface area (Å²) in [5.41, 5.74) is 2.77. The van der Waals surface area contributed by atoms with Crippen LogP contribution < -0.4 is 10.2 Å². The van der Waals surface area contributed by atoms with E-state index < -0.39 is 0 Å². The van der Waals surface area contributed by atoms with E-state index in [1.807, 2.05) is 0 Å². The number of para-hydroxylation sites is 1. The van der Waals surface area contributed by atoms with Crippen molar-refractivity contribution in [3.8, 4) is 0 Å². The lowest BCUT2D eigenvalue weighted by atomic mass is 10.0. The molecule has 1 fully saturated rings. The maximum Gasteiger partial charge on any atom is 0.0587 e. The minimum atomic E-state index is 0.660. The Morgan fingerprint density at radius 3 is 2.90 bits per heavy atom. The average Bonchev–Trinajstić information content (AvgIpc) is 2.52. The van der Waals surface area contributed by atoms with Gasteiger partial charge in [0.1, 0.15) is 0 Å². The van der Waals surface area contributed by atoms with Crippen molar-refractivity contribution in [2.45, 2.75) is 25.4 Å². The molecule has 0 aliphatic carbocycles. The van der Waals surface area contributed by atoms with E-state index in [0.717, 1.165) is 26.2 Å². The quantitative estimate of drug-likeness (QED) is 0.777.